The number of nitrogen functional groups attached to an aromatic ring is 1. The van der Waals surface area contributed by atoms with Crippen LogP contribution in [0.4, 0.5) is 14.5 Å². The quantitative estimate of drug-likeness (QED) is 0.684. The van der Waals surface area contributed by atoms with Crippen molar-refractivity contribution in [2.45, 2.75) is 18.2 Å². The van der Waals surface area contributed by atoms with Crippen LogP contribution in [0.25, 0.3) is 0 Å². The van der Waals surface area contributed by atoms with Gasteiger partial charge in [-0.25, -0.2) is 13.8 Å². The monoisotopic (exact) mass is 308 g/mol. The number of pyridine rings is 1. The van der Waals surface area contributed by atoms with Crippen LogP contribution in [-0.4, -0.2) is 18.1 Å². The van der Waals surface area contributed by atoms with Crippen molar-refractivity contribution in [3.8, 4) is 0 Å². The number of aromatic nitrogens is 1. The molecule has 2 N–H and O–H groups in total. The molecule has 0 radical (unpaired) electrons. The summed E-state index contributed by atoms with van der Waals surface area (Å²) in [5.41, 5.74) is 5.89. The fourth-order valence-electron chi connectivity index (χ4n) is 1.29. The van der Waals surface area contributed by atoms with Gasteiger partial charge in [-0.2, -0.15) is 0 Å². The van der Waals surface area contributed by atoms with Gasteiger partial charge in [-0.1, -0.05) is 15.9 Å². The summed E-state index contributed by atoms with van der Waals surface area (Å²) in [6, 6.07) is 1.34. The average Bonchev–Trinajstić information content (AvgIpc) is 2.28. The summed E-state index contributed by atoms with van der Waals surface area (Å²) in [7, 11) is 1.19. The van der Waals surface area contributed by atoms with Crippen LogP contribution >= 0.6 is 15.9 Å². The van der Waals surface area contributed by atoms with E-state index in [1.54, 1.807) is 0 Å². The van der Waals surface area contributed by atoms with Crippen molar-refractivity contribution in [2.75, 3.05) is 12.8 Å². The average molecular weight is 309 g/mol. The van der Waals surface area contributed by atoms with E-state index in [9.17, 15) is 13.6 Å². The number of rotatable bonds is 4. The Hall–Kier alpha value is -1.24. The number of anilines is 1. The van der Waals surface area contributed by atoms with E-state index in [0.29, 0.717) is 5.69 Å². The van der Waals surface area contributed by atoms with E-state index in [1.807, 2.05) is 0 Å². The van der Waals surface area contributed by atoms with Crippen LogP contribution in [0.1, 0.15) is 23.4 Å². The molecule has 94 valence electrons. The third-order valence-corrected chi connectivity index (χ3v) is 2.67. The summed E-state index contributed by atoms with van der Waals surface area (Å²) < 4.78 is 29.9. The van der Waals surface area contributed by atoms with Crippen molar-refractivity contribution in [1.82, 2.24) is 4.98 Å². The van der Waals surface area contributed by atoms with Crippen LogP contribution in [0.3, 0.4) is 0 Å². The number of nitrogens with two attached hydrogens (primary N) is 1. The summed E-state index contributed by atoms with van der Waals surface area (Å²) in [5, 5.41) is 0.275. The third-order valence-electron chi connectivity index (χ3n) is 2.14. The number of halogens is 3. The maximum absolute atomic E-state index is 12.8. The Morgan fingerprint density at radius 2 is 2.29 bits per heavy atom. The van der Waals surface area contributed by atoms with Crippen molar-refractivity contribution in [2.24, 2.45) is 0 Å². The number of hydrogen-bond donors (Lipinski definition) is 1. The van der Waals surface area contributed by atoms with E-state index in [0.717, 1.165) is 0 Å². The second kappa shape index (κ2) is 5.90. The van der Waals surface area contributed by atoms with Crippen molar-refractivity contribution in [3.05, 3.63) is 23.0 Å². The minimum atomic E-state index is -2.76. The molecule has 7 heteroatoms. The van der Waals surface area contributed by atoms with Crippen molar-refractivity contribution >= 4 is 27.6 Å². The molecule has 0 spiro atoms. The van der Waals surface area contributed by atoms with Crippen molar-refractivity contribution in [3.63, 3.8) is 0 Å². The molecule has 0 fully saturated rings. The maximum Gasteiger partial charge on any atom is 0.310 e. The number of methoxy groups -OCH3 is 1. The summed E-state index contributed by atoms with van der Waals surface area (Å²) >= 11 is 3.10. The lowest BCUT2D eigenvalue weighted by atomic mass is 10.1. The molecule has 0 aliphatic rings. The van der Waals surface area contributed by atoms with E-state index >= 15 is 0 Å². The maximum atomic E-state index is 12.8. The molecule has 0 atom stereocenters. The van der Waals surface area contributed by atoms with Gasteiger partial charge in [0.15, 0.2) is 0 Å². The van der Waals surface area contributed by atoms with Crippen LogP contribution in [0.5, 0.6) is 0 Å². The Balaban J connectivity index is 3.18. The second-order valence-corrected chi connectivity index (χ2v) is 3.82. The van der Waals surface area contributed by atoms with Gasteiger partial charge in [-0.15, -0.1) is 0 Å². The van der Waals surface area contributed by atoms with Crippen LogP contribution < -0.4 is 5.73 Å². The number of hydrogen-bond acceptors (Lipinski definition) is 4. The molecule has 1 rings (SSSR count). The summed E-state index contributed by atoms with van der Waals surface area (Å²) in [4.78, 5) is 14.8. The molecule has 1 heterocycles. The molecule has 0 saturated heterocycles. The number of carbonyl (C=O) groups is 1. The Kier molecular flexibility index (Phi) is 4.80. The molecule has 1 aromatic rings. The lowest BCUT2D eigenvalue weighted by Gasteiger charge is -2.11. The fraction of sp³-hybridized carbons (Fsp3) is 0.400. The highest BCUT2D eigenvalue weighted by atomic mass is 79.9. The van der Waals surface area contributed by atoms with Gasteiger partial charge in [-0.3, -0.25) is 4.79 Å². The molecule has 0 bridgehead atoms. The summed E-state index contributed by atoms with van der Waals surface area (Å²) in [6.07, 6.45) is -3.02. The van der Waals surface area contributed by atoms with Gasteiger partial charge in [0.2, 0.25) is 0 Å². The minimum absolute atomic E-state index is 0.0917. The normalized spacial score (nSPS) is 10.6. The fourth-order valence-corrected chi connectivity index (χ4v) is 1.74. The first-order valence-corrected chi connectivity index (χ1v) is 5.80. The molecule has 4 nitrogen and oxygen atoms in total. The molecule has 17 heavy (non-hydrogen) atoms. The molecule has 0 unspecified atom stereocenters. The van der Waals surface area contributed by atoms with Crippen LogP contribution in [-0.2, 0) is 21.3 Å². The predicted molar refractivity (Wildman–Crippen MR) is 62.0 cm³/mol. The molecule has 0 aliphatic heterocycles. The van der Waals surface area contributed by atoms with E-state index in [4.69, 9.17) is 5.73 Å². The molecule has 1 aromatic heterocycles. The van der Waals surface area contributed by atoms with Crippen LogP contribution in [0.2, 0.25) is 0 Å². The van der Waals surface area contributed by atoms with Crippen LogP contribution in [0.15, 0.2) is 6.07 Å². The Bertz CT molecular complexity index is 427. The number of nitrogens with zero attached hydrogens (tertiary/aromatic N) is 1. The number of esters is 1. The first-order valence-electron chi connectivity index (χ1n) is 4.68. The Labute approximate surface area is 105 Å². The minimum Gasteiger partial charge on any atom is -0.469 e. The van der Waals surface area contributed by atoms with E-state index in [-0.39, 0.29) is 23.0 Å². The first kappa shape index (κ1) is 13.8. The Morgan fingerprint density at radius 1 is 1.65 bits per heavy atom. The van der Waals surface area contributed by atoms with Gasteiger partial charge < -0.3 is 10.5 Å². The largest absolute Gasteiger partial charge is 0.469 e. The highest BCUT2D eigenvalue weighted by Gasteiger charge is 2.19. The highest BCUT2D eigenvalue weighted by molar-refractivity contribution is 9.08. The standard InChI is InChI=1S/C10H11BrF2N2O2/c1-17-8(16)3-5-2-6(14)7(4-11)15-9(5)10(12)13/h2,10H,3-4,14H2,1H3. The SMILES string of the molecule is COC(=O)Cc1cc(N)c(CBr)nc1C(F)F. The second-order valence-electron chi connectivity index (χ2n) is 3.26. The topological polar surface area (TPSA) is 65.2 Å². The smallest absolute Gasteiger partial charge is 0.310 e. The van der Waals surface area contributed by atoms with Gasteiger partial charge in [0.05, 0.1) is 24.9 Å². The van der Waals surface area contributed by atoms with E-state index in [2.05, 4.69) is 25.7 Å². The molecule has 0 amide bonds. The molecule has 0 aromatic carbocycles. The number of carbonyl (C=O) groups excluding carboxylic acids is 1. The lowest BCUT2D eigenvalue weighted by molar-refractivity contribution is -0.139. The molecule has 0 aliphatic carbocycles. The van der Waals surface area contributed by atoms with Gasteiger partial charge >= 0.3 is 5.97 Å². The zero-order valence-corrected chi connectivity index (χ0v) is 10.6. The summed E-state index contributed by atoms with van der Waals surface area (Å²) in [6.45, 7) is 0. The van der Waals surface area contributed by atoms with Gasteiger partial charge in [0.1, 0.15) is 5.69 Å². The predicted octanol–water partition coefficient (Wildman–Crippen LogP) is 2.21. The molecular formula is C10H11BrF2N2O2. The van der Waals surface area contributed by atoms with Crippen LogP contribution in [0, 0.1) is 0 Å². The number of ether oxygens (including phenoxy) is 1. The zero-order valence-electron chi connectivity index (χ0n) is 9.04. The van der Waals surface area contributed by atoms with Gasteiger partial charge in [0.25, 0.3) is 6.43 Å². The highest BCUT2D eigenvalue weighted by Crippen LogP contribution is 2.26. The van der Waals surface area contributed by atoms with Crippen molar-refractivity contribution < 1.29 is 18.3 Å². The zero-order chi connectivity index (χ0) is 13.0. The van der Waals surface area contributed by atoms with E-state index < -0.39 is 18.1 Å². The molecular weight excluding hydrogens is 298 g/mol. The third kappa shape index (κ3) is 3.36. The first-order chi connectivity index (χ1) is 7.99. The van der Waals surface area contributed by atoms with Crippen molar-refractivity contribution in [1.29, 1.82) is 0 Å². The van der Waals surface area contributed by atoms with Gasteiger partial charge in [-0.05, 0) is 11.6 Å². The lowest BCUT2D eigenvalue weighted by Crippen LogP contribution is -2.11. The van der Waals surface area contributed by atoms with Gasteiger partial charge in [0, 0.05) is 5.33 Å². The Morgan fingerprint density at radius 3 is 2.76 bits per heavy atom. The molecule has 0 saturated carbocycles. The summed E-state index contributed by atoms with van der Waals surface area (Å²) in [5.74, 6) is -0.611. The van der Waals surface area contributed by atoms with E-state index in [1.165, 1.54) is 13.2 Å². The number of alkyl halides is 3.